The second-order valence-corrected chi connectivity index (χ2v) is 5.65. The maximum atomic E-state index is 10.6. The molecule has 2 unspecified atom stereocenters. The average molecular weight is 277 g/mol. The van der Waals surface area contributed by atoms with Gasteiger partial charge in [0.15, 0.2) is 0 Å². The molecule has 0 amide bonds. The summed E-state index contributed by atoms with van der Waals surface area (Å²) >= 11 is 0. The lowest BCUT2D eigenvalue weighted by molar-refractivity contribution is 0.0529. The second-order valence-electron chi connectivity index (χ2n) is 5.65. The summed E-state index contributed by atoms with van der Waals surface area (Å²) in [6.45, 7) is 8.07. The van der Waals surface area contributed by atoms with Crippen molar-refractivity contribution >= 4 is 0 Å². The van der Waals surface area contributed by atoms with Crippen LogP contribution in [0.25, 0.3) is 0 Å². The predicted octanol–water partition coefficient (Wildman–Crippen LogP) is 2.19. The lowest BCUT2D eigenvalue weighted by Crippen LogP contribution is -2.36. The first-order chi connectivity index (χ1) is 9.29. The number of nitrogens with zero attached hydrogens (tertiary/aromatic N) is 2. The lowest BCUT2D eigenvalue weighted by atomic mass is 9.95. The quantitative estimate of drug-likeness (QED) is 0.879. The maximum absolute atomic E-state index is 10.6. The predicted molar refractivity (Wildman–Crippen MR) is 77.4 cm³/mol. The van der Waals surface area contributed by atoms with Crippen molar-refractivity contribution in [3.05, 3.63) is 41.1 Å². The molecule has 0 saturated heterocycles. The molecule has 2 aromatic heterocycles. The van der Waals surface area contributed by atoms with Crippen LogP contribution in [0.1, 0.15) is 42.5 Å². The molecule has 0 saturated carbocycles. The largest absolute Gasteiger partial charge is 0.466 e. The summed E-state index contributed by atoms with van der Waals surface area (Å²) in [6, 6.07) is 2.02. The third-order valence-corrected chi connectivity index (χ3v) is 3.60. The van der Waals surface area contributed by atoms with E-state index in [9.17, 15) is 5.11 Å². The number of furan rings is 1. The highest BCUT2D eigenvalue weighted by molar-refractivity contribution is 5.27. The number of aryl methyl sites for hydroxylation is 3. The summed E-state index contributed by atoms with van der Waals surface area (Å²) in [5, 5.41) is 18.1. The molecule has 0 aliphatic carbocycles. The average Bonchev–Trinajstić information content (AvgIpc) is 2.93. The SMILES string of the molecule is Cc1cc(C(C)(O)CNC(C)c2cnn(C)c2)c(C)o1. The fourth-order valence-electron chi connectivity index (χ4n) is 2.39. The summed E-state index contributed by atoms with van der Waals surface area (Å²) in [5.41, 5.74) is 0.975. The fourth-order valence-corrected chi connectivity index (χ4v) is 2.39. The Hall–Kier alpha value is -1.59. The Kier molecular flexibility index (Phi) is 4.01. The first kappa shape index (κ1) is 14.8. The highest BCUT2D eigenvalue weighted by Gasteiger charge is 2.28. The molecule has 0 aliphatic rings. The van der Waals surface area contributed by atoms with Crippen LogP contribution in [-0.2, 0) is 12.6 Å². The molecule has 2 rings (SSSR count). The van der Waals surface area contributed by atoms with Crippen LogP contribution in [0.15, 0.2) is 22.9 Å². The number of hydrogen-bond donors (Lipinski definition) is 2. The Balaban J connectivity index is 2.04. The topological polar surface area (TPSA) is 63.2 Å². The summed E-state index contributed by atoms with van der Waals surface area (Å²) < 4.78 is 7.27. The van der Waals surface area contributed by atoms with Gasteiger partial charge < -0.3 is 14.8 Å². The van der Waals surface area contributed by atoms with Crippen molar-refractivity contribution in [2.24, 2.45) is 7.05 Å². The van der Waals surface area contributed by atoms with Crippen LogP contribution in [0.5, 0.6) is 0 Å². The number of hydrogen-bond acceptors (Lipinski definition) is 4. The molecule has 20 heavy (non-hydrogen) atoms. The minimum absolute atomic E-state index is 0.128. The Morgan fingerprint density at radius 1 is 1.50 bits per heavy atom. The number of rotatable bonds is 5. The molecule has 0 aliphatic heterocycles. The molecule has 0 spiro atoms. The lowest BCUT2D eigenvalue weighted by Gasteiger charge is -2.25. The van der Waals surface area contributed by atoms with Gasteiger partial charge in [-0.25, -0.2) is 0 Å². The van der Waals surface area contributed by atoms with Crippen molar-refractivity contribution < 1.29 is 9.52 Å². The maximum Gasteiger partial charge on any atom is 0.107 e. The Morgan fingerprint density at radius 3 is 2.70 bits per heavy atom. The summed E-state index contributed by atoms with van der Waals surface area (Å²) in [5.74, 6) is 1.58. The van der Waals surface area contributed by atoms with Crippen LogP contribution in [0.4, 0.5) is 0 Å². The third-order valence-electron chi connectivity index (χ3n) is 3.60. The van der Waals surface area contributed by atoms with Gasteiger partial charge in [-0.15, -0.1) is 0 Å². The highest BCUT2D eigenvalue weighted by Crippen LogP contribution is 2.27. The van der Waals surface area contributed by atoms with E-state index in [4.69, 9.17) is 4.42 Å². The molecule has 2 atom stereocenters. The fraction of sp³-hybridized carbons (Fsp3) is 0.533. The van der Waals surface area contributed by atoms with E-state index in [1.54, 1.807) is 11.6 Å². The Labute approximate surface area is 119 Å². The normalized spacial score (nSPS) is 16.1. The number of aromatic nitrogens is 2. The molecular formula is C15H23N3O2. The molecule has 0 aromatic carbocycles. The van der Waals surface area contributed by atoms with Crippen molar-refractivity contribution in [2.75, 3.05) is 6.54 Å². The van der Waals surface area contributed by atoms with E-state index >= 15 is 0 Å². The van der Waals surface area contributed by atoms with Crippen LogP contribution in [-0.4, -0.2) is 21.4 Å². The van der Waals surface area contributed by atoms with Crippen LogP contribution in [0, 0.1) is 13.8 Å². The van der Waals surface area contributed by atoms with Crippen molar-refractivity contribution in [1.82, 2.24) is 15.1 Å². The van der Waals surface area contributed by atoms with E-state index in [-0.39, 0.29) is 6.04 Å². The van der Waals surface area contributed by atoms with E-state index in [2.05, 4.69) is 17.3 Å². The zero-order valence-electron chi connectivity index (χ0n) is 12.8. The summed E-state index contributed by atoms with van der Waals surface area (Å²) in [7, 11) is 1.89. The minimum atomic E-state index is -0.960. The highest BCUT2D eigenvalue weighted by atomic mass is 16.3. The van der Waals surface area contributed by atoms with E-state index < -0.39 is 5.60 Å². The monoisotopic (exact) mass is 277 g/mol. The minimum Gasteiger partial charge on any atom is -0.466 e. The van der Waals surface area contributed by atoms with Gasteiger partial charge in [0, 0.05) is 37.0 Å². The van der Waals surface area contributed by atoms with Crippen molar-refractivity contribution in [3.8, 4) is 0 Å². The van der Waals surface area contributed by atoms with Crippen LogP contribution in [0.2, 0.25) is 0 Å². The molecule has 2 heterocycles. The molecule has 110 valence electrons. The van der Waals surface area contributed by atoms with Crippen LogP contribution < -0.4 is 5.32 Å². The first-order valence-electron chi connectivity index (χ1n) is 6.81. The molecule has 2 aromatic rings. The molecule has 0 fully saturated rings. The van der Waals surface area contributed by atoms with Gasteiger partial charge in [-0.05, 0) is 33.8 Å². The zero-order chi connectivity index (χ0) is 14.9. The summed E-state index contributed by atoms with van der Waals surface area (Å²) in [6.07, 6.45) is 3.80. The van der Waals surface area contributed by atoms with E-state index in [0.29, 0.717) is 6.54 Å². The Morgan fingerprint density at radius 2 is 2.20 bits per heavy atom. The smallest absolute Gasteiger partial charge is 0.107 e. The van der Waals surface area contributed by atoms with Gasteiger partial charge in [-0.3, -0.25) is 4.68 Å². The van der Waals surface area contributed by atoms with Gasteiger partial charge in [0.1, 0.15) is 17.1 Å². The molecule has 0 bridgehead atoms. The van der Waals surface area contributed by atoms with Gasteiger partial charge in [0.25, 0.3) is 0 Å². The zero-order valence-corrected chi connectivity index (χ0v) is 12.8. The molecule has 5 heteroatoms. The second kappa shape index (κ2) is 5.42. The van der Waals surface area contributed by atoms with Crippen molar-refractivity contribution in [2.45, 2.75) is 39.3 Å². The van der Waals surface area contributed by atoms with Gasteiger partial charge in [0.2, 0.25) is 0 Å². The standard InChI is InChI=1S/C15H23N3O2/c1-10-6-14(12(3)20-10)15(4,19)9-16-11(2)13-7-17-18(5)8-13/h6-8,11,16,19H,9H2,1-5H3. The van der Waals surface area contributed by atoms with E-state index in [1.807, 2.05) is 39.4 Å². The van der Waals surface area contributed by atoms with Crippen molar-refractivity contribution in [3.63, 3.8) is 0 Å². The molecule has 0 radical (unpaired) electrons. The summed E-state index contributed by atoms with van der Waals surface area (Å²) in [4.78, 5) is 0. The van der Waals surface area contributed by atoms with Gasteiger partial charge >= 0.3 is 0 Å². The van der Waals surface area contributed by atoms with Gasteiger partial charge in [0.05, 0.1) is 6.20 Å². The van der Waals surface area contributed by atoms with Gasteiger partial charge in [-0.2, -0.15) is 5.10 Å². The number of nitrogens with one attached hydrogen (secondary N) is 1. The Bertz CT molecular complexity index is 584. The van der Waals surface area contributed by atoms with Crippen LogP contribution in [0.3, 0.4) is 0 Å². The van der Waals surface area contributed by atoms with E-state index in [0.717, 1.165) is 22.6 Å². The number of aliphatic hydroxyl groups is 1. The van der Waals surface area contributed by atoms with E-state index in [1.165, 1.54) is 0 Å². The van der Waals surface area contributed by atoms with Crippen molar-refractivity contribution in [1.29, 1.82) is 0 Å². The first-order valence-corrected chi connectivity index (χ1v) is 6.81. The van der Waals surface area contributed by atoms with Crippen LogP contribution >= 0.6 is 0 Å². The molecule has 2 N–H and O–H groups in total. The molecular weight excluding hydrogens is 254 g/mol. The molecule has 5 nitrogen and oxygen atoms in total. The third kappa shape index (κ3) is 3.11. The van der Waals surface area contributed by atoms with Gasteiger partial charge in [-0.1, -0.05) is 0 Å².